The molecule has 0 unspecified atom stereocenters. The molecule has 0 N–H and O–H groups in total. The van der Waals surface area contributed by atoms with Gasteiger partial charge in [0.05, 0.1) is 37.0 Å². The Bertz CT molecular complexity index is 2930. The first-order valence-corrected chi connectivity index (χ1v) is 30.1. The number of rotatable bonds is 17. The van der Waals surface area contributed by atoms with Crippen molar-refractivity contribution in [2.45, 2.75) is 83.1 Å². The molecule has 0 heterocycles. The van der Waals surface area contributed by atoms with E-state index in [2.05, 4.69) is 177 Å². The highest BCUT2D eigenvalue weighted by molar-refractivity contribution is 7.81. The average molecular weight is 1010 g/mol. The molecule has 0 saturated heterocycles. The van der Waals surface area contributed by atoms with Crippen LogP contribution < -0.4 is 42.4 Å². The van der Waals surface area contributed by atoms with Crippen LogP contribution in [0.25, 0.3) is 32.7 Å². The summed E-state index contributed by atoms with van der Waals surface area (Å²) in [7, 11) is -10.6. The Morgan fingerprint density at radius 2 is 0.571 bits per heavy atom. The van der Waals surface area contributed by atoms with Gasteiger partial charge < -0.3 is 18.1 Å². The Balaban J connectivity index is 1.71. The molecule has 362 valence electrons. The lowest BCUT2D eigenvalue weighted by molar-refractivity contribution is 0.229. The van der Waals surface area contributed by atoms with E-state index in [1.54, 1.807) is 0 Å². The van der Waals surface area contributed by atoms with E-state index in [4.69, 9.17) is 18.1 Å². The van der Waals surface area contributed by atoms with E-state index in [-0.39, 0.29) is 26.4 Å². The van der Waals surface area contributed by atoms with Crippen molar-refractivity contribution >= 4 is 95.0 Å². The standard InChI is InChI=1S/C60H66O6P4/c1-13-63-69(61,64-14-2)57-37-55(67(47-29-39(5)25-40(6)30-47)48-31-41(7)26-42(8)32-48)59(53-23-19-17-21-51(53)57)60-54-24-20-18-22-52(54)58(70(62,65-15-3)66-16-4)38-56(60)68(49-33-43(9)27-44(10)34-49)50-35-45(11)28-46(12)36-50/h17-38H,13-16H2,1-12H3. The van der Waals surface area contributed by atoms with E-state index in [0.717, 1.165) is 87.8 Å². The largest absolute Gasteiger partial charge is 0.361 e. The summed E-state index contributed by atoms with van der Waals surface area (Å²) in [6.45, 7) is 25.6. The minimum absolute atomic E-state index is 0.206. The fourth-order valence-corrected chi connectivity index (χ4v) is 19.8. The second-order valence-electron chi connectivity index (χ2n) is 18.4. The molecule has 0 aromatic heterocycles. The van der Waals surface area contributed by atoms with Gasteiger partial charge in [0.15, 0.2) is 0 Å². The summed E-state index contributed by atoms with van der Waals surface area (Å²) in [6, 6.07) is 48.4. The zero-order valence-electron chi connectivity index (χ0n) is 42.8. The molecule has 70 heavy (non-hydrogen) atoms. The zero-order valence-corrected chi connectivity index (χ0v) is 46.3. The Labute approximate surface area is 418 Å². The van der Waals surface area contributed by atoms with Crippen LogP contribution in [0, 0.1) is 55.4 Å². The molecule has 0 aliphatic rings. The van der Waals surface area contributed by atoms with Gasteiger partial charge in [0.2, 0.25) is 0 Å². The third kappa shape index (κ3) is 10.5. The van der Waals surface area contributed by atoms with Crippen LogP contribution in [0.15, 0.2) is 133 Å². The highest BCUT2D eigenvalue weighted by Crippen LogP contribution is 2.54. The van der Waals surface area contributed by atoms with Gasteiger partial charge in [-0.05, 0) is 176 Å². The van der Waals surface area contributed by atoms with Crippen LogP contribution in [0.1, 0.15) is 72.2 Å². The maximum absolute atomic E-state index is 15.6. The molecule has 8 aromatic rings. The van der Waals surface area contributed by atoms with Gasteiger partial charge in [-0.3, -0.25) is 9.13 Å². The lowest BCUT2D eigenvalue weighted by Crippen LogP contribution is -2.31. The first kappa shape index (κ1) is 51.8. The number of benzene rings is 8. The molecular formula is C60H66O6P4. The van der Waals surface area contributed by atoms with E-state index >= 15 is 9.13 Å². The highest BCUT2D eigenvalue weighted by atomic mass is 31.2. The van der Waals surface area contributed by atoms with Gasteiger partial charge in [0.25, 0.3) is 0 Å². The van der Waals surface area contributed by atoms with E-state index in [1.165, 1.54) is 21.2 Å². The minimum Gasteiger partial charge on any atom is -0.305 e. The Morgan fingerprint density at radius 3 is 0.800 bits per heavy atom. The zero-order chi connectivity index (χ0) is 50.1. The summed E-state index contributed by atoms with van der Waals surface area (Å²) in [5, 5.41) is 11.2. The number of hydrogen-bond donors (Lipinski definition) is 0. The van der Waals surface area contributed by atoms with Gasteiger partial charge in [0.1, 0.15) is 0 Å². The van der Waals surface area contributed by atoms with Gasteiger partial charge in [-0.25, -0.2) is 0 Å². The molecule has 6 nitrogen and oxygen atoms in total. The van der Waals surface area contributed by atoms with Crippen molar-refractivity contribution in [1.82, 2.24) is 0 Å². The first-order valence-electron chi connectivity index (χ1n) is 24.4. The normalized spacial score (nSPS) is 12.3. The summed E-state index contributed by atoms with van der Waals surface area (Å²) in [5.74, 6) is 0. The van der Waals surface area contributed by atoms with Crippen molar-refractivity contribution in [3.63, 3.8) is 0 Å². The Kier molecular flexibility index (Phi) is 16.0. The molecule has 0 spiro atoms. The van der Waals surface area contributed by atoms with Crippen LogP contribution in [0.3, 0.4) is 0 Å². The van der Waals surface area contributed by atoms with Crippen molar-refractivity contribution in [2.24, 2.45) is 0 Å². The van der Waals surface area contributed by atoms with Crippen molar-refractivity contribution in [2.75, 3.05) is 26.4 Å². The van der Waals surface area contributed by atoms with Gasteiger partial charge in [-0.15, -0.1) is 0 Å². The van der Waals surface area contributed by atoms with Crippen molar-refractivity contribution in [3.8, 4) is 11.1 Å². The fourth-order valence-electron chi connectivity index (χ4n) is 10.2. The lowest BCUT2D eigenvalue weighted by Gasteiger charge is -2.32. The number of aryl methyl sites for hydroxylation is 8. The van der Waals surface area contributed by atoms with Gasteiger partial charge in [-0.2, -0.15) is 0 Å². The molecule has 10 heteroatoms. The van der Waals surface area contributed by atoms with Crippen LogP contribution in [0.4, 0.5) is 0 Å². The Hall–Kier alpha value is -4.56. The SMILES string of the molecule is CCOP(=O)(OCC)c1cc(P(c2cc(C)cc(C)c2)c2cc(C)cc(C)c2)c(-c2c(P(c3cc(C)cc(C)c3)c3cc(C)cc(C)c3)cc(P(=O)(OCC)OCC)c3ccccc23)c2ccccc12. The van der Waals surface area contributed by atoms with E-state index in [9.17, 15) is 0 Å². The topological polar surface area (TPSA) is 71.1 Å². The molecule has 0 fully saturated rings. The van der Waals surface area contributed by atoms with Gasteiger partial charge >= 0.3 is 15.2 Å². The molecule has 8 aromatic carbocycles. The van der Waals surface area contributed by atoms with Crippen LogP contribution in [-0.4, -0.2) is 26.4 Å². The van der Waals surface area contributed by atoms with E-state index in [0.29, 0.717) is 10.6 Å². The van der Waals surface area contributed by atoms with Gasteiger partial charge in [0, 0.05) is 0 Å². The molecule has 0 aliphatic carbocycles. The maximum Gasteiger partial charge on any atom is 0.361 e. The van der Waals surface area contributed by atoms with Gasteiger partial charge in [-0.1, -0.05) is 166 Å². The van der Waals surface area contributed by atoms with Crippen molar-refractivity contribution < 1.29 is 27.2 Å². The predicted octanol–water partition coefficient (Wildman–Crippen LogP) is 13.4. The van der Waals surface area contributed by atoms with Crippen LogP contribution in [0.2, 0.25) is 0 Å². The van der Waals surface area contributed by atoms with E-state index < -0.39 is 31.0 Å². The minimum atomic E-state index is -3.91. The maximum atomic E-state index is 15.6. The summed E-state index contributed by atoms with van der Waals surface area (Å²) in [5.41, 5.74) is 11.3. The van der Waals surface area contributed by atoms with Crippen LogP contribution in [0.5, 0.6) is 0 Å². The first-order chi connectivity index (χ1) is 33.5. The van der Waals surface area contributed by atoms with Crippen molar-refractivity contribution in [3.05, 3.63) is 178 Å². The monoisotopic (exact) mass is 1010 g/mol. The number of fused-ring (bicyclic) bond motifs is 2. The van der Waals surface area contributed by atoms with Crippen LogP contribution in [-0.2, 0) is 27.2 Å². The molecule has 0 saturated carbocycles. The Morgan fingerprint density at radius 1 is 0.343 bits per heavy atom. The summed E-state index contributed by atoms with van der Waals surface area (Å²) < 4.78 is 56.5. The molecule has 0 radical (unpaired) electrons. The molecule has 0 atom stereocenters. The fraction of sp³-hybridized carbons (Fsp3) is 0.267. The third-order valence-electron chi connectivity index (χ3n) is 12.4. The second kappa shape index (κ2) is 21.7. The quantitative estimate of drug-likeness (QED) is 0.0847. The lowest BCUT2D eigenvalue weighted by atomic mass is 9.93. The van der Waals surface area contributed by atoms with Crippen molar-refractivity contribution in [1.29, 1.82) is 0 Å². The van der Waals surface area contributed by atoms with E-state index in [1.807, 2.05) is 39.8 Å². The third-order valence-corrected chi connectivity index (χ3v) is 21.5. The summed E-state index contributed by atoms with van der Waals surface area (Å²) in [6.07, 6.45) is 0. The molecule has 0 bridgehead atoms. The molecule has 8 rings (SSSR count). The molecule has 0 amide bonds. The summed E-state index contributed by atoms with van der Waals surface area (Å²) in [4.78, 5) is 0. The average Bonchev–Trinajstić information content (AvgIpc) is 3.28. The second-order valence-corrected chi connectivity index (χ2v) is 26.7. The molecule has 0 aliphatic heterocycles. The highest BCUT2D eigenvalue weighted by Gasteiger charge is 2.38. The smallest absolute Gasteiger partial charge is 0.305 e. The number of hydrogen-bond acceptors (Lipinski definition) is 6. The summed E-state index contributed by atoms with van der Waals surface area (Å²) >= 11 is 0. The van der Waals surface area contributed by atoms with Crippen LogP contribution >= 0.6 is 31.0 Å². The molecular weight excluding hydrogens is 941 g/mol. The predicted molar refractivity (Wildman–Crippen MR) is 303 cm³/mol.